The van der Waals surface area contributed by atoms with E-state index in [-0.39, 0.29) is 0 Å². The van der Waals surface area contributed by atoms with Crippen molar-refractivity contribution in [1.29, 1.82) is 0 Å². The molecule has 0 aliphatic carbocycles. The maximum absolute atomic E-state index is 9.90. The van der Waals surface area contributed by atoms with Crippen LogP contribution in [0.2, 0.25) is 0 Å². The molecule has 0 saturated carbocycles. The monoisotopic (exact) mass is 259 g/mol. The van der Waals surface area contributed by atoms with Crippen LogP contribution in [0.4, 0.5) is 5.69 Å². The summed E-state index contributed by atoms with van der Waals surface area (Å²) < 4.78 is 1.73. The Kier molecular flexibility index (Phi) is 4.98. The first-order chi connectivity index (χ1) is 9.28. The summed E-state index contributed by atoms with van der Waals surface area (Å²) >= 11 is 0. The number of benzene rings is 1. The van der Waals surface area contributed by atoms with E-state index in [4.69, 9.17) is 0 Å². The predicted octanol–water partition coefficient (Wildman–Crippen LogP) is 2.31. The predicted molar refractivity (Wildman–Crippen MR) is 77.2 cm³/mol. The van der Waals surface area contributed by atoms with E-state index in [1.54, 1.807) is 10.9 Å². The van der Waals surface area contributed by atoms with Crippen LogP contribution < -0.4 is 5.32 Å². The van der Waals surface area contributed by atoms with E-state index >= 15 is 0 Å². The SMILES string of the molecule is CCCc1ccc(NCC(O)Cn2cccn2)cc1. The molecule has 1 aromatic heterocycles. The van der Waals surface area contributed by atoms with Crippen LogP contribution in [0.15, 0.2) is 42.7 Å². The van der Waals surface area contributed by atoms with Gasteiger partial charge in [0.05, 0.1) is 12.6 Å². The second-order valence-electron chi connectivity index (χ2n) is 4.71. The third-order valence-corrected chi connectivity index (χ3v) is 2.99. The molecule has 0 aliphatic heterocycles. The fraction of sp³-hybridized carbons (Fsp3) is 0.400. The van der Waals surface area contributed by atoms with Crippen LogP contribution in [-0.2, 0) is 13.0 Å². The number of aromatic nitrogens is 2. The van der Waals surface area contributed by atoms with Gasteiger partial charge in [-0.1, -0.05) is 25.5 Å². The fourth-order valence-corrected chi connectivity index (χ4v) is 2.00. The average Bonchev–Trinajstić information content (AvgIpc) is 2.91. The Morgan fingerprint density at radius 2 is 2.11 bits per heavy atom. The molecule has 0 amide bonds. The largest absolute Gasteiger partial charge is 0.389 e. The number of anilines is 1. The van der Waals surface area contributed by atoms with Crippen LogP contribution >= 0.6 is 0 Å². The quantitative estimate of drug-likeness (QED) is 0.802. The van der Waals surface area contributed by atoms with Crippen LogP contribution in [0, 0.1) is 0 Å². The summed E-state index contributed by atoms with van der Waals surface area (Å²) in [5.74, 6) is 0. The molecule has 1 atom stereocenters. The lowest BCUT2D eigenvalue weighted by Crippen LogP contribution is -2.25. The van der Waals surface area contributed by atoms with Gasteiger partial charge >= 0.3 is 0 Å². The Morgan fingerprint density at radius 3 is 2.74 bits per heavy atom. The van der Waals surface area contributed by atoms with Crippen molar-refractivity contribution in [1.82, 2.24) is 9.78 Å². The Morgan fingerprint density at radius 1 is 1.32 bits per heavy atom. The standard InChI is InChI=1S/C15H21N3O/c1-2-4-13-5-7-14(8-6-13)16-11-15(19)12-18-10-3-9-17-18/h3,5-10,15-16,19H,2,4,11-12H2,1H3. The number of rotatable bonds is 7. The minimum atomic E-state index is -0.449. The first-order valence-electron chi connectivity index (χ1n) is 6.76. The van der Waals surface area contributed by atoms with Crippen LogP contribution in [-0.4, -0.2) is 27.5 Å². The summed E-state index contributed by atoms with van der Waals surface area (Å²) in [6.07, 6.45) is 5.39. The molecule has 1 heterocycles. The van der Waals surface area contributed by atoms with Gasteiger partial charge in [-0.2, -0.15) is 5.10 Å². The molecule has 2 aromatic rings. The maximum Gasteiger partial charge on any atom is 0.0907 e. The van der Waals surface area contributed by atoms with Gasteiger partial charge in [-0.25, -0.2) is 0 Å². The van der Waals surface area contributed by atoms with E-state index in [2.05, 4.69) is 41.6 Å². The van der Waals surface area contributed by atoms with Crippen molar-refractivity contribution in [2.24, 2.45) is 0 Å². The molecule has 0 saturated heterocycles. The highest BCUT2D eigenvalue weighted by molar-refractivity contribution is 5.44. The molecular formula is C15H21N3O. The van der Waals surface area contributed by atoms with E-state index < -0.39 is 6.10 Å². The number of aliphatic hydroxyl groups is 1. The van der Waals surface area contributed by atoms with E-state index in [0.717, 1.165) is 18.5 Å². The summed E-state index contributed by atoms with van der Waals surface area (Å²) in [7, 11) is 0. The number of nitrogens with one attached hydrogen (secondary N) is 1. The molecule has 4 heteroatoms. The minimum absolute atomic E-state index is 0.449. The molecule has 0 spiro atoms. The van der Waals surface area contributed by atoms with Crippen molar-refractivity contribution in [2.75, 3.05) is 11.9 Å². The smallest absolute Gasteiger partial charge is 0.0907 e. The van der Waals surface area contributed by atoms with Gasteiger partial charge in [0.2, 0.25) is 0 Å². The summed E-state index contributed by atoms with van der Waals surface area (Å²) in [4.78, 5) is 0. The highest BCUT2D eigenvalue weighted by Crippen LogP contribution is 2.11. The van der Waals surface area contributed by atoms with Crippen LogP contribution in [0.3, 0.4) is 0 Å². The van der Waals surface area contributed by atoms with Gasteiger partial charge in [0.1, 0.15) is 0 Å². The van der Waals surface area contributed by atoms with Crippen LogP contribution in [0.5, 0.6) is 0 Å². The second-order valence-corrected chi connectivity index (χ2v) is 4.71. The summed E-state index contributed by atoms with van der Waals surface area (Å²) in [5.41, 5.74) is 2.39. The fourth-order valence-electron chi connectivity index (χ4n) is 2.00. The number of hydrogen-bond acceptors (Lipinski definition) is 3. The molecule has 1 aromatic carbocycles. The number of hydrogen-bond donors (Lipinski definition) is 2. The Bertz CT molecular complexity index is 465. The molecular weight excluding hydrogens is 238 g/mol. The zero-order valence-electron chi connectivity index (χ0n) is 11.3. The minimum Gasteiger partial charge on any atom is -0.389 e. The molecule has 0 bridgehead atoms. The van der Waals surface area contributed by atoms with E-state index in [1.165, 1.54) is 5.56 Å². The van der Waals surface area contributed by atoms with Crippen molar-refractivity contribution in [3.05, 3.63) is 48.3 Å². The Hall–Kier alpha value is -1.81. The third kappa shape index (κ3) is 4.41. The highest BCUT2D eigenvalue weighted by Gasteiger charge is 2.05. The number of aryl methyl sites for hydroxylation is 1. The lowest BCUT2D eigenvalue weighted by atomic mass is 10.1. The van der Waals surface area contributed by atoms with Gasteiger partial charge in [0, 0.05) is 24.6 Å². The number of nitrogens with zero attached hydrogens (tertiary/aromatic N) is 2. The van der Waals surface area contributed by atoms with E-state index in [9.17, 15) is 5.11 Å². The average molecular weight is 259 g/mol. The molecule has 19 heavy (non-hydrogen) atoms. The summed E-state index contributed by atoms with van der Waals surface area (Å²) in [6.45, 7) is 3.21. The molecule has 2 rings (SSSR count). The third-order valence-electron chi connectivity index (χ3n) is 2.99. The second kappa shape index (κ2) is 6.95. The van der Waals surface area contributed by atoms with Gasteiger partial charge in [0.25, 0.3) is 0 Å². The van der Waals surface area contributed by atoms with Crippen LogP contribution in [0.25, 0.3) is 0 Å². The summed E-state index contributed by atoms with van der Waals surface area (Å²) in [6, 6.07) is 10.2. The molecule has 2 N–H and O–H groups in total. The maximum atomic E-state index is 9.90. The molecule has 1 unspecified atom stereocenters. The van der Waals surface area contributed by atoms with Gasteiger partial charge < -0.3 is 10.4 Å². The highest BCUT2D eigenvalue weighted by atomic mass is 16.3. The Balaban J connectivity index is 1.78. The zero-order valence-corrected chi connectivity index (χ0v) is 11.3. The van der Waals surface area contributed by atoms with Gasteiger partial charge in [-0.05, 0) is 30.2 Å². The van der Waals surface area contributed by atoms with Crippen molar-refractivity contribution in [2.45, 2.75) is 32.4 Å². The molecule has 4 nitrogen and oxygen atoms in total. The lowest BCUT2D eigenvalue weighted by molar-refractivity contribution is 0.161. The molecule has 0 fully saturated rings. The Labute approximate surface area is 114 Å². The molecule has 0 aliphatic rings. The zero-order chi connectivity index (χ0) is 13.5. The molecule has 102 valence electrons. The molecule has 0 radical (unpaired) electrons. The lowest BCUT2D eigenvalue weighted by Gasteiger charge is -2.13. The topological polar surface area (TPSA) is 50.1 Å². The van der Waals surface area contributed by atoms with Crippen molar-refractivity contribution >= 4 is 5.69 Å². The first-order valence-corrected chi connectivity index (χ1v) is 6.76. The van der Waals surface area contributed by atoms with Crippen LogP contribution in [0.1, 0.15) is 18.9 Å². The van der Waals surface area contributed by atoms with Crippen molar-refractivity contribution < 1.29 is 5.11 Å². The van der Waals surface area contributed by atoms with Crippen molar-refractivity contribution in [3.63, 3.8) is 0 Å². The van der Waals surface area contributed by atoms with Gasteiger partial charge in [-0.3, -0.25) is 4.68 Å². The van der Waals surface area contributed by atoms with Gasteiger partial charge in [0.15, 0.2) is 0 Å². The van der Waals surface area contributed by atoms with Gasteiger partial charge in [-0.15, -0.1) is 0 Å². The van der Waals surface area contributed by atoms with E-state index in [1.807, 2.05) is 12.3 Å². The van der Waals surface area contributed by atoms with Crippen molar-refractivity contribution in [3.8, 4) is 0 Å². The summed E-state index contributed by atoms with van der Waals surface area (Å²) in [5, 5.41) is 17.2. The normalized spacial score (nSPS) is 12.3. The van der Waals surface area contributed by atoms with E-state index in [0.29, 0.717) is 13.1 Å². The number of aliphatic hydroxyl groups excluding tert-OH is 1. The first kappa shape index (κ1) is 13.6.